The zero-order chi connectivity index (χ0) is 28.4. The Kier molecular flexibility index (Phi) is 7.28. The second kappa shape index (κ2) is 11.0. The first kappa shape index (κ1) is 26.5. The number of fused-ring (bicyclic) bond motifs is 2. The van der Waals surface area contributed by atoms with Crippen molar-refractivity contribution >= 4 is 17.3 Å². The molecule has 0 radical (unpaired) electrons. The monoisotopic (exact) mass is 550 g/mol. The van der Waals surface area contributed by atoms with Crippen LogP contribution in [0.5, 0.6) is 46.0 Å². The van der Waals surface area contributed by atoms with Gasteiger partial charge in [-0.2, -0.15) is 0 Å². The molecule has 0 atom stereocenters. The molecular weight excluding hydrogens is 524 g/mol. The maximum atomic E-state index is 14.1. The van der Waals surface area contributed by atoms with Gasteiger partial charge in [0.1, 0.15) is 0 Å². The zero-order valence-electron chi connectivity index (χ0n) is 22.2. The van der Waals surface area contributed by atoms with E-state index in [9.17, 15) is 14.7 Å². The summed E-state index contributed by atoms with van der Waals surface area (Å²) >= 11 is 0. The predicted octanol–water partition coefficient (Wildman–Crippen LogP) is 4.14. The Balaban J connectivity index is 1.72. The Morgan fingerprint density at radius 2 is 1.35 bits per heavy atom. The smallest absolute Gasteiger partial charge is 0.336 e. The minimum Gasteiger partial charge on any atom is -0.493 e. The molecule has 11 heteroatoms. The SMILES string of the molecule is COc1cc(C/C(C(=O)c2ccc3c(c2)OCO3)=C(\C(=O)O)c2cc(OC)c3c(c2)OCO3)cc(OC)c1OC. The molecule has 3 aromatic rings. The largest absolute Gasteiger partial charge is 0.493 e. The normalized spacial score (nSPS) is 13.4. The molecule has 11 nitrogen and oxygen atoms in total. The molecule has 0 spiro atoms. The summed E-state index contributed by atoms with van der Waals surface area (Å²) in [4.78, 5) is 27.0. The Bertz CT molecular complexity index is 1500. The van der Waals surface area contributed by atoms with E-state index < -0.39 is 11.8 Å². The van der Waals surface area contributed by atoms with Crippen molar-refractivity contribution in [2.24, 2.45) is 0 Å². The first-order chi connectivity index (χ1) is 19.4. The van der Waals surface area contributed by atoms with Crippen molar-refractivity contribution in [2.45, 2.75) is 6.42 Å². The summed E-state index contributed by atoms with van der Waals surface area (Å²) in [5.74, 6) is 1.03. The van der Waals surface area contributed by atoms with Crippen LogP contribution in [0.25, 0.3) is 5.57 Å². The quantitative estimate of drug-likeness (QED) is 0.289. The van der Waals surface area contributed by atoms with Crippen LogP contribution in [-0.4, -0.2) is 58.9 Å². The number of hydrogen-bond acceptors (Lipinski definition) is 10. The molecule has 5 rings (SSSR count). The third kappa shape index (κ3) is 4.77. The number of carbonyl (C=O) groups excluding carboxylic acids is 1. The van der Waals surface area contributed by atoms with E-state index in [1.807, 2.05) is 0 Å². The summed E-state index contributed by atoms with van der Waals surface area (Å²) in [5, 5.41) is 10.5. The van der Waals surface area contributed by atoms with Gasteiger partial charge >= 0.3 is 5.97 Å². The first-order valence-corrected chi connectivity index (χ1v) is 12.1. The van der Waals surface area contributed by atoms with E-state index in [0.717, 1.165) is 0 Å². The fourth-order valence-corrected chi connectivity index (χ4v) is 4.64. The molecule has 208 valence electrons. The molecule has 0 aromatic heterocycles. The van der Waals surface area contributed by atoms with Crippen LogP contribution in [0, 0.1) is 0 Å². The van der Waals surface area contributed by atoms with E-state index in [2.05, 4.69) is 0 Å². The number of ketones is 1. The van der Waals surface area contributed by atoms with Crippen LogP contribution < -0.4 is 37.9 Å². The van der Waals surface area contributed by atoms with E-state index >= 15 is 0 Å². The highest BCUT2D eigenvalue weighted by Crippen LogP contribution is 2.45. The number of Topliss-reactive ketones (excluding diaryl/α,β-unsaturated/α-hetero) is 1. The van der Waals surface area contributed by atoms with Crippen molar-refractivity contribution in [1.82, 2.24) is 0 Å². The second-order valence-electron chi connectivity index (χ2n) is 8.68. The van der Waals surface area contributed by atoms with E-state index in [1.54, 1.807) is 24.3 Å². The van der Waals surface area contributed by atoms with Crippen molar-refractivity contribution in [3.63, 3.8) is 0 Å². The topological polar surface area (TPSA) is 128 Å². The van der Waals surface area contributed by atoms with Crippen LogP contribution in [0.15, 0.2) is 48.0 Å². The van der Waals surface area contributed by atoms with Gasteiger partial charge in [-0.3, -0.25) is 4.79 Å². The third-order valence-corrected chi connectivity index (χ3v) is 6.48. The Labute approximate surface area is 229 Å². The number of carboxylic acid groups (broad SMARTS) is 1. The number of rotatable bonds is 10. The van der Waals surface area contributed by atoms with Crippen LogP contribution in [0.2, 0.25) is 0 Å². The molecule has 0 fully saturated rings. The minimum atomic E-state index is -1.32. The molecule has 2 heterocycles. The summed E-state index contributed by atoms with van der Waals surface area (Å²) in [6.45, 7) is -0.0197. The molecule has 0 saturated heterocycles. The van der Waals surface area contributed by atoms with Gasteiger partial charge in [0.15, 0.2) is 40.3 Å². The lowest BCUT2D eigenvalue weighted by atomic mass is 9.89. The van der Waals surface area contributed by atoms with Gasteiger partial charge < -0.3 is 43.0 Å². The van der Waals surface area contributed by atoms with E-state index in [4.69, 9.17) is 37.9 Å². The number of allylic oxidation sites excluding steroid dienone is 1. The number of carboxylic acids is 1. The predicted molar refractivity (Wildman–Crippen MR) is 140 cm³/mol. The van der Waals surface area contributed by atoms with Crippen LogP contribution in [0.4, 0.5) is 0 Å². The molecule has 2 aliphatic heterocycles. The summed E-state index contributed by atoms with van der Waals surface area (Å²) in [7, 11) is 5.85. The van der Waals surface area contributed by atoms with Gasteiger partial charge in [0, 0.05) is 17.6 Å². The van der Waals surface area contributed by atoms with Gasteiger partial charge in [0.2, 0.25) is 25.1 Å². The standard InChI is InChI=1S/C29H26O11/c1-33-21-8-15(9-22(34-2)27(21)36-4)7-18(26(30)16-5-6-19-20(10-16)38-13-37-19)25(29(31)32)17-11-23(35-3)28-24(12-17)39-14-40-28/h5-6,8-12H,7,13-14H2,1-4H3,(H,31,32)/b25-18+. The molecule has 0 unspecified atom stereocenters. The van der Waals surface area contributed by atoms with E-state index in [1.165, 1.54) is 46.6 Å². The number of methoxy groups -OCH3 is 4. The summed E-state index contributed by atoms with van der Waals surface area (Å²) in [6, 6.07) is 11.0. The summed E-state index contributed by atoms with van der Waals surface area (Å²) in [5.41, 5.74) is 0.711. The highest BCUT2D eigenvalue weighted by atomic mass is 16.7. The maximum absolute atomic E-state index is 14.1. The molecule has 2 aliphatic rings. The zero-order valence-corrected chi connectivity index (χ0v) is 22.2. The fraction of sp³-hybridized carbons (Fsp3) is 0.241. The van der Waals surface area contributed by atoms with E-state index in [0.29, 0.717) is 45.8 Å². The molecule has 40 heavy (non-hydrogen) atoms. The lowest BCUT2D eigenvalue weighted by Crippen LogP contribution is -2.14. The van der Waals surface area contributed by atoms with Crippen LogP contribution in [0.3, 0.4) is 0 Å². The summed E-state index contributed by atoms with van der Waals surface area (Å²) in [6.07, 6.45) is -0.0949. The first-order valence-electron chi connectivity index (χ1n) is 12.1. The Morgan fingerprint density at radius 3 is 2.00 bits per heavy atom. The lowest BCUT2D eigenvalue weighted by Gasteiger charge is -2.17. The average Bonchev–Trinajstić information content (AvgIpc) is 3.64. The minimum absolute atomic E-state index is 0.0124. The third-order valence-electron chi connectivity index (χ3n) is 6.48. The lowest BCUT2D eigenvalue weighted by molar-refractivity contribution is -0.130. The van der Waals surface area contributed by atoms with Crippen molar-refractivity contribution in [3.8, 4) is 46.0 Å². The van der Waals surface area contributed by atoms with Crippen LogP contribution >= 0.6 is 0 Å². The van der Waals surface area contributed by atoms with Gasteiger partial charge in [-0.25, -0.2) is 4.79 Å². The number of aliphatic carboxylic acids is 1. The van der Waals surface area contributed by atoms with Gasteiger partial charge in [0.05, 0.1) is 34.0 Å². The van der Waals surface area contributed by atoms with Gasteiger partial charge in [-0.05, 0) is 53.6 Å². The van der Waals surface area contributed by atoms with Crippen LogP contribution in [-0.2, 0) is 11.2 Å². The molecule has 1 N–H and O–H groups in total. The highest BCUT2D eigenvalue weighted by Gasteiger charge is 2.29. The van der Waals surface area contributed by atoms with Crippen molar-refractivity contribution in [2.75, 3.05) is 42.0 Å². The number of ether oxygens (including phenoxy) is 8. The molecule has 0 saturated carbocycles. The van der Waals surface area contributed by atoms with Gasteiger partial charge in [0.25, 0.3) is 0 Å². The van der Waals surface area contributed by atoms with Gasteiger partial charge in [-0.1, -0.05) is 0 Å². The number of carbonyl (C=O) groups is 2. The van der Waals surface area contributed by atoms with Gasteiger partial charge in [-0.15, -0.1) is 0 Å². The van der Waals surface area contributed by atoms with Crippen molar-refractivity contribution in [3.05, 3.63) is 64.7 Å². The maximum Gasteiger partial charge on any atom is 0.336 e. The molecule has 3 aromatic carbocycles. The summed E-state index contributed by atoms with van der Waals surface area (Å²) < 4.78 is 43.6. The molecule has 0 bridgehead atoms. The van der Waals surface area contributed by atoms with Crippen molar-refractivity contribution < 1.29 is 52.6 Å². The Hall–Kier alpha value is -5.06. The highest BCUT2D eigenvalue weighted by molar-refractivity contribution is 6.26. The Morgan fingerprint density at radius 1 is 0.725 bits per heavy atom. The van der Waals surface area contributed by atoms with Crippen molar-refractivity contribution in [1.29, 1.82) is 0 Å². The second-order valence-corrected chi connectivity index (χ2v) is 8.68. The number of hydrogen-bond donors (Lipinski definition) is 1. The van der Waals surface area contributed by atoms with E-state index in [-0.39, 0.29) is 48.0 Å². The number of benzene rings is 3. The molecule has 0 amide bonds. The molecule has 0 aliphatic carbocycles. The van der Waals surface area contributed by atoms with Crippen LogP contribution in [0.1, 0.15) is 21.5 Å². The average molecular weight is 551 g/mol. The molecular formula is C29H26O11. The fourth-order valence-electron chi connectivity index (χ4n) is 4.64.